The van der Waals surface area contributed by atoms with Crippen molar-refractivity contribution in [3.8, 4) is 0 Å². The number of esters is 1. The maximum atomic E-state index is 12.2. The van der Waals surface area contributed by atoms with E-state index < -0.39 is 11.7 Å². The summed E-state index contributed by atoms with van der Waals surface area (Å²) < 4.78 is 11.6. The first kappa shape index (κ1) is 19.4. The Kier molecular flexibility index (Phi) is 5.93. The van der Waals surface area contributed by atoms with Gasteiger partial charge >= 0.3 is 11.7 Å². The molecule has 0 saturated heterocycles. The summed E-state index contributed by atoms with van der Waals surface area (Å²) in [7, 11) is 1.66. The molecule has 0 aliphatic rings. The molecule has 3 aromatic rings. The van der Waals surface area contributed by atoms with Crippen LogP contribution in [0.1, 0.15) is 17.5 Å². The molecule has 1 aromatic heterocycles. The van der Waals surface area contributed by atoms with Gasteiger partial charge in [0, 0.05) is 20.1 Å². The van der Waals surface area contributed by atoms with Crippen molar-refractivity contribution in [2.75, 3.05) is 13.7 Å². The average Bonchev–Trinajstić information content (AvgIpc) is 3.01. The van der Waals surface area contributed by atoms with Gasteiger partial charge in [0.1, 0.15) is 0 Å². The van der Waals surface area contributed by atoms with Crippen molar-refractivity contribution in [2.45, 2.75) is 26.4 Å². The van der Waals surface area contributed by atoms with Crippen LogP contribution in [0, 0.1) is 6.92 Å². The Hall–Kier alpha value is -3.35. The van der Waals surface area contributed by atoms with E-state index in [1.165, 1.54) is 9.47 Å². The molecule has 0 radical (unpaired) electrons. The van der Waals surface area contributed by atoms with Gasteiger partial charge in [0.15, 0.2) is 12.2 Å². The summed E-state index contributed by atoms with van der Waals surface area (Å²) in [5, 5.41) is 0. The fraction of sp³-hybridized carbons (Fsp3) is 0.286. The molecule has 28 heavy (non-hydrogen) atoms. The standard InChI is InChI=1S/C21H22N2O5/c1-15-7-9-16(10-8-15)13-22(2)19(24)14-27-20(25)11-12-23-17-5-3-4-6-18(17)28-21(23)26/h3-10H,11-14H2,1-2H3. The number of aryl methyl sites for hydroxylation is 2. The van der Waals surface area contributed by atoms with E-state index in [4.69, 9.17) is 9.15 Å². The van der Waals surface area contributed by atoms with Gasteiger partial charge in [-0.05, 0) is 24.6 Å². The predicted octanol–water partition coefficient (Wildman–Crippen LogP) is 2.49. The van der Waals surface area contributed by atoms with Crippen LogP contribution in [-0.2, 0) is 27.4 Å². The normalized spacial score (nSPS) is 10.8. The monoisotopic (exact) mass is 382 g/mol. The van der Waals surface area contributed by atoms with E-state index in [1.54, 1.807) is 31.3 Å². The van der Waals surface area contributed by atoms with Crippen LogP contribution in [0.3, 0.4) is 0 Å². The van der Waals surface area contributed by atoms with Crippen molar-refractivity contribution in [3.05, 3.63) is 70.2 Å². The second-order valence-electron chi connectivity index (χ2n) is 6.63. The van der Waals surface area contributed by atoms with Crippen molar-refractivity contribution in [1.29, 1.82) is 0 Å². The molecule has 3 rings (SSSR count). The minimum atomic E-state index is -0.547. The summed E-state index contributed by atoms with van der Waals surface area (Å²) in [6.07, 6.45) is -0.0294. The number of para-hydroxylation sites is 2. The van der Waals surface area contributed by atoms with Crippen LogP contribution in [0.4, 0.5) is 0 Å². The lowest BCUT2D eigenvalue weighted by molar-refractivity contribution is -0.151. The zero-order chi connectivity index (χ0) is 20.1. The highest BCUT2D eigenvalue weighted by Gasteiger charge is 2.14. The molecule has 1 amide bonds. The summed E-state index contributed by atoms with van der Waals surface area (Å²) >= 11 is 0. The molecule has 0 aliphatic carbocycles. The van der Waals surface area contributed by atoms with E-state index in [0.29, 0.717) is 17.6 Å². The molecule has 0 bridgehead atoms. The average molecular weight is 382 g/mol. The van der Waals surface area contributed by atoms with Gasteiger partial charge < -0.3 is 14.1 Å². The Morgan fingerprint density at radius 3 is 2.57 bits per heavy atom. The minimum absolute atomic E-state index is 0.0294. The van der Waals surface area contributed by atoms with E-state index in [-0.39, 0.29) is 25.5 Å². The van der Waals surface area contributed by atoms with Crippen LogP contribution in [0.15, 0.2) is 57.7 Å². The van der Waals surface area contributed by atoms with E-state index in [2.05, 4.69) is 0 Å². The SMILES string of the molecule is Cc1ccc(CN(C)C(=O)COC(=O)CCn2c(=O)oc3ccccc32)cc1. The second-order valence-corrected chi connectivity index (χ2v) is 6.63. The topological polar surface area (TPSA) is 81.8 Å². The maximum absolute atomic E-state index is 12.2. The fourth-order valence-electron chi connectivity index (χ4n) is 2.81. The van der Waals surface area contributed by atoms with Crippen LogP contribution in [0.5, 0.6) is 0 Å². The highest BCUT2D eigenvalue weighted by Crippen LogP contribution is 2.12. The second kappa shape index (κ2) is 8.56. The number of hydrogen-bond donors (Lipinski definition) is 0. The van der Waals surface area contributed by atoms with Crippen LogP contribution in [0.25, 0.3) is 11.1 Å². The summed E-state index contributed by atoms with van der Waals surface area (Å²) in [6, 6.07) is 14.9. The van der Waals surface area contributed by atoms with Gasteiger partial charge in [-0.3, -0.25) is 14.2 Å². The molecule has 0 N–H and O–H groups in total. The molecule has 146 valence electrons. The van der Waals surface area contributed by atoms with Crippen molar-refractivity contribution in [3.63, 3.8) is 0 Å². The zero-order valence-corrected chi connectivity index (χ0v) is 15.9. The van der Waals surface area contributed by atoms with Crippen molar-refractivity contribution < 1.29 is 18.7 Å². The molecule has 0 fully saturated rings. The Balaban J connectivity index is 1.48. The summed E-state index contributed by atoms with van der Waals surface area (Å²) in [6.45, 7) is 2.23. The fourth-order valence-corrected chi connectivity index (χ4v) is 2.81. The molecule has 2 aromatic carbocycles. The van der Waals surface area contributed by atoms with Gasteiger partial charge in [0.05, 0.1) is 11.9 Å². The molecular formula is C21H22N2O5. The largest absolute Gasteiger partial charge is 0.456 e. The maximum Gasteiger partial charge on any atom is 0.419 e. The van der Waals surface area contributed by atoms with Gasteiger partial charge in [0.25, 0.3) is 5.91 Å². The predicted molar refractivity (Wildman–Crippen MR) is 104 cm³/mol. The van der Waals surface area contributed by atoms with Gasteiger partial charge in [-0.15, -0.1) is 0 Å². The number of ether oxygens (including phenoxy) is 1. The highest BCUT2D eigenvalue weighted by atomic mass is 16.5. The van der Waals surface area contributed by atoms with E-state index in [9.17, 15) is 14.4 Å². The van der Waals surface area contributed by atoms with Crippen LogP contribution >= 0.6 is 0 Å². The van der Waals surface area contributed by atoms with Gasteiger partial charge in [0.2, 0.25) is 0 Å². The van der Waals surface area contributed by atoms with E-state index in [1.807, 2.05) is 31.2 Å². The highest BCUT2D eigenvalue weighted by molar-refractivity contribution is 5.80. The number of aromatic nitrogens is 1. The number of hydrogen-bond acceptors (Lipinski definition) is 5. The smallest absolute Gasteiger partial charge is 0.419 e. The molecule has 7 heteroatoms. The van der Waals surface area contributed by atoms with Gasteiger partial charge in [-0.2, -0.15) is 0 Å². The molecule has 0 aliphatic heterocycles. The van der Waals surface area contributed by atoms with Crippen molar-refractivity contribution in [1.82, 2.24) is 9.47 Å². The first-order valence-electron chi connectivity index (χ1n) is 8.97. The Labute approximate surface area is 162 Å². The third-order valence-electron chi connectivity index (χ3n) is 4.44. The first-order valence-corrected chi connectivity index (χ1v) is 8.97. The van der Waals surface area contributed by atoms with E-state index in [0.717, 1.165) is 11.1 Å². The Morgan fingerprint density at radius 1 is 1.11 bits per heavy atom. The molecule has 0 saturated carbocycles. The summed E-state index contributed by atoms with van der Waals surface area (Å²) in [5.41, 5.74) is 3.23. The van der Waals surface area contributed by atoms with Crippen molar-refractivity contribution in [2.24, 2.45) is 0 Å². The van der Waals surface area contributed by atoms with E-state index >= 15 is 0 Å². The van der Waals surface area contributed by atoms with Crippen LogP contribution in [0.2, 0.25) is 0 Å². The number of nitrogens with zero attached hydrogens (tertiary/aromatic N) is 2. The van der Waals surface area contributed by atoms with Crippen molar-refractivity contribution >= 4 is 23.0 Å². The lowest BCUT2D eigenvalue weighted by Crippen LogP contribution is -2.31. The number of amides is 1. The quantitative estimate of drug-likeness (QED) is 0.587. The molecule has 0 unspecified atom stereocenters. The summed E-state index contributed by atoms with van der Waals surface area (Å²) in [4.78, 5) is 37.5. The summed E-state index contributed by atoms with van der Waals surface area (Å²) in [5.74, 6) is -1.36. The molecule has 7 nitrogen and oxygen atoms in total. The number of carbonyl (C=O) groups is 2. The Morgan fingerprint density at radius 2 is 1.82 bits per heavy atom. The Bertz CT molecular complexity index is 1030. The molecule has 1 heterocycles. The number of likely N-dealkylation sites (N-methyl/N-ethyl adjacent to an activating group) is 1. The van der Waals surface area contributed by atoms with Crippen LogP contribution in [-0.4, -0.2) is 35.0 Å². The molecule has 0 atom stereocenters. The lowest BCUT2D eigenvalue weighted by atomic mass is 10.1. The lowest BCUT2D eigenvalue weighted by Gasteiger charge is -2.17. The number of rotatable bonds is 7. The molecule has 0 spiro atoms. The third-order valence-corrected chi connectivity index (χ3v) is 4.44. The number of benzene rings is 2. The minimum Gasteiger partial charge on any atom is -0.456 e. The molecular weight excluding hydrogens is 360 g/mol. The number of carbonyl (C=O) groups excluding carboxylic acids is 2. The van der Waals surface area contributed by atoms with Gasteiger partial charge in [-0.1, -0.05) is 42.0 Å². The third kappa shape index (κ3) is 4.68. The number of oxazole rings is 1. The van der Waals surface area contributed by atoms with Crippen LogP contribution < -0.4 is 5.76 Å². The van der Waals surface area contributed by atoms with Gasteiger partial charge in [-0.25, -0.2) is 4.79 Å². The zero-order valence-electron chi connectivity index (χ0n) is 15.9. The number of fused-ring (bicyclic) bond motifs is 1. The first-order chi connectivity index (χ1) is 13.4.